The number of nitriles is 1. The molecule has 0 aliphatic rings. The van der Waals surface area contributed by atoms with Crippen LogP contribution in [-0.2, 0) is 11.3 Å². The Balaban J connectivity index is 2.82. The van der Waals surface area contributed by atoms with Gasteiger partial charge in [0.1, 0.15) is 0 Å². The van der Waals surface area contributed by atoms with Crippen molar-refractivity contribution in [1.82, 2.24) is 4.90 Å². The van der Waals surface area contributed by atoms with Gasteiger partial charge in [-0.2, -0.15) is 5.26 Å². The van der Waals surface area contributed by atoms with Crippen molar-refractivity contribution in [3.63, 3.8) is 0 Å². The molecular weight excluding hydrogens is 250 g/mol. The summed E-state index contributed by atoms with van der Waals surface area (Å²) in [5, 5.41) is 9.09. The molecule has 0 aliphatic carbocycles. The number of amides is 1. The lowest BCUT2D eigenvalue weighted by atomic mass is 10.0. The van der Waals surface area contributed by atoms with E-state index in [4.69, 9.17) is 11.0 Å². The maximum atomic E-state index is 12.3. The van der Waals surface area contributed by atoms with Crippen LogP contribution in [0.4, 0.5) is 0 Å². The second-order valence-electron chi connectivity index (χ2n) is 5.36. The predicted octanol–water partition coefficient (Wildman–Crippen LogP) is 2.28. The summed E-state index contributed by atoms with van der Waals surface area (Å²) in [5.74, 6) is 0.341. The molecule has 0 bridgehead atoms. The lowest BCUT2D eigenvalue weighted by Crippen LogP contribution is -2.44. The summed E-state index contributed by atoms with van der Waals surface area (Å²) in [6.45, 7) is 7.05. The molecule has 1 aromatic rings. The summed E-state index contributed by atoms with van der Waals surface area (Å²) in [7, 11) is 0. The molecule has 4 nitrogen and oxygen atoms in total. The summed E-state index contributed by atoms with van der Waals surface area (Å²) in [6, 6.07) is 9.03. The van der Waals surface area contributed by atoms with Gasteiger partial charge < -0.3 is 10.6 Å². The number of rotatable bonds is 6. The normalized spacial score (nSPS) is 12.0. The molecule has 0 spiro atoms. The third-order valence-electron chi connectivity index (χ3n) is 3.23. The number of hydrogen-bond acceptors (Lipinski definition) is 3. The summed E-state index contributed by atoms with van der Waals surface area (Å²) in [5.41, 5.74) is 7.43. The van der Waals surface area contributed by atoms with Crippen molar-refractivity contribution in [3.8, 4) is 6.07 Å². The van der Waals surface area contributed by atoms with Crippen molar-refractivity contribution in [1.29, 1.82) is 5.26 Å². The van der Waals surface area contributed by atoms with Gasteiger partial charge in [0.15, 0.2) is 0 Å². The van der Waals surface area contributed by atoms with E-state index < -0.39 is 6.04 Å². The highest BCUT2D eigenvalue weighted by Crippen LogP contribution is 2.13. The first-order valence-electron chi connectivity index (χ1n) is 7.02. The van der Waals surface area contributed by atoms with Gasteiger partial charge in [-0.25, -0.2) is 0 Å². The second-order valence-corrected chi connectivity index (χ2v) is 5.36. The predicted molar refractivity (Wildman–Crippen MR) is 79.7 cm³/mol. The summed E-state index contributed by atoms with van der Waals surface area (Å²) >= 11 is 0. The third-order valence-corrected chi connectivity index (χ3v) is 3.23. The molecule has 0 heterocycles. The van der Waals surface area contributed by atoms with Gasteiger partial charge in [-0.3, -0.25) is 4.79 Å². The number of nitrogens with two attached hydrogens (primary N) is 1. The van der Waals surface area contributed by atoms with E-state index >= 15 is 0 Å². The van der Waals surface area contributed by atoms with E-state index in [1.807, 2.05) is 25.1 Å². The van der Waals surface area contributed by atoms with Crippen LogP contribution < -0.4 is 5.73 Å². The molecule has 0 fully saturated rings. The smallest absolute Gasteiger partial charge is 0.239 e. The zero-order valence-electron chi connectivity index (χ0n) is 12.5. The zero-order valence-corrected chi connectivity index (χ0v) is 12.5. The third kappa shape index (κ3) is 4.36. The van der Waals surface area contributed by atoms with Crippen LogP contribution in [0.1, 0.15) is 38.3 Å². The molecule has 108 valence electrons. The average molecular weight is 273 g/mol. The van der Waals surface area contributed by atoms with Crippen molar-refractivity contribution in [2.75, 3.05) is 6.54 Å². The number of likely N-dealkylation sites (N-methyl/N-ethyl adjacent to an activating group) is 1. The molecule has 1 aromatic carbocycles. The van der Waals surface area contributed by atoms with E-state index in [9.17, 15) is 4.79 Å². The molecule has 1 atom stereocenters. The quantitative estimate of drug-likeness (QED) is 0.864. The van der Waals surface area contributed by atoms with Crippen LogP contribution in [0, 0.1) is 17.2 Å². The van der Waals surface area contributed by atoms with E-state index in [1.54, 1.807) is 11.0 Å². The largest absolute Gasteiger partial charge is 0.337 e. The molecule has 1 unspecified atom stereocenters. The van der Waals surface area contributed by atoms with E-state index in [0.29, 0.717) is 31.0 Å². The first kappa shape index (κ1) is 16.2. The molecule has 1 rings (SSSR count). The Morgan fingerprint density at radius 3 is 2.60 bits per heavy atom. The Kier molecular flexibility index (Phi) is 6.20. The van der Waals surface area contributed by atoms with Gasteiger partial charge in [0.2, 0.25) is 5.91 Å². The molecule has 2 N–H and O–H groups in total. The number of carbonyl (C=O) groups is 1. The second kappa shape index (κ2) is 7.66. The number of benzene rings is 1. The van der Waals surface area contributed by atoms with Crippen molar-refractivity contribution < 1.29 is 4.79 Å². The van der Waals surface area contributed by atoms with Crippen LogP contribution in [-0.4, -0.2) is 23.4 Å². The average Bonchev–Trinajstić information content (AvgIpc) is 2.43. The first-order valence-corrected chi connectivity index (χ1v) is 7.02. The fraction of sp³-hybridized carbons (Fsp3) is 0.500. The summed E-state index contributed by atoms with van der Waals surface area (Å²) in [4.78, 5) is 14.0. The fourth-order valence-corrected chi connectivity index (χ4v) is 2.16. The Morgan fingerprint density at radius 2 is 2.05 bits per heavy atom. The molecule has 4 heteroatoms. The van der Waals surface area contributed by atoms with Crippen LogP contribution in [0.3, 0.4) is 0 Å². The minimum atomic E-state index is -0.468. The molecular formula is C16H23N3O. The molecule has 1 amide bonds. The fourth-order valence-electron chi connectivity index (χ4n) is 2.16. The molecule has 0 aliphatic heterocycles. The minimum Gasteiger partial charge on any atom is -0.337 e. The first-order chi connectivity index (χ1) is 9.49. The summed E-state index contributed by atoms with van der Waals surface area (Å²) in [6.07, 6.45) is 0.676. The molecule has 0 saturated carbocycles. The number of nitrogens with zero attached hydrogens (tertiary/aromatic N) is 2. The van der Waals surface area contributed by atoms with Crippen LogP contribution in [0.15, 0.2) is 24.3 Å². The number of hydrogen-bond donors (Lipinski definition) is 1. The highest BCUT2D eigenvalue weighted by Gasteiger charge is 2.21. The Labute approximate surface area is 121 Å². The molecule has 20 heavy (non-hydrogen) atoms. The van der Waals surface area contributed by atoms with Crippen LogP contribution in [0.2, 0.25) is 0 Å². The van der Waals surface area contributed by atoms with E-state index in [1.165, 1.54) is 0 Å². The van der Waals surface area contributed by atoms with Crippen molar-refractivity contribution in [3.05, 3.63) is 35.4 Å². The van der Waals surface area contributed by atoms with E-state index in [2.05, 4.69) is 19.9 Å². The zero-order chi connectivity index (χ0) is 15.1. The van der Waals surface area contributed by atoms with Gasteiger partial charge in [0, 0.05) is 13.1 Å². The van der Waals surface area contributed by atoms with Crippen LogP contribution in [0.25, 0.3) is 0 Å². The van der Waals surface area contributed by atoms with Crippen LogP contribution >= 0.6 is 0 Å². The van der Waals surface area contributed by atoms with Crippen LogP contribution in [0.5, 0.6) is 0 Å². The van der Waals surface area contributed by atoms with Gasteiger partial charge in [0.05, 0.1) is 17.7 Å². The highest BCUT2D eigenvalue weighted by molar-refractivity contribution is 5.81. The summed E-state index contributed by atoms with van der Waals surface area (Å²) < 4.78 is 0. The van der Waals surface area contributed by atoms with Crippen molar-refractivity contribution in [2.45, 2.75) is 39.8 Å². The topological polar surface area (TPSA) is 70.1 Å². The van der Waals surface area contributed by atoms with Gasteiger partial charge >= 0.3 is 0 Å². The standard InChI is InChI=1S/C16H23N3O/c1-4-19(16(20)15(18)9-12(2)3)11-14-8-6-5-7-13(14)10-17/h5-8,12,15H,4,9,11,18H2,1-3H3. The maximum Gasteiger partial charge on any atom is 0.239 e. The molecule has 0 radical (unpaired) electrons. The van der Waals surface area contributed by atoms with Gasteiger partial charge in [-0.1, -0.05) is 32.0 Å². The highest BCUT2D eigenvalue weighted by atomic mass is 16.2. The van der Waals surface area contributed by atoms with Gasteiger partial charge in [-0.05, 0) is 30.9 Å². The van der Waals surface area contributed by atoms with Crippen molar-refractivity contribution >= 4 is 5.91 Å². The lowest BCUT2D eigenvalue weighted by molar-refractivity contribution is -0.133. The molecule has 0 saturated heterocycles. The SMILES string of the molecule is CCN(Cc1ccccc1C#N)C(=O)C(N)CC(C)C. The van der Waals surface area contributed by atoms with Crippen molar-refractivity contribution in [2.24, 2.45) is 11.7 Å². The maximum absolute atomic E-state index is 12.3. The minimum absolute atomic E-state index is 0.0473. The van der Waals surface area contributed by atoms with Gasteiger partial charge in [-0.15, -0.1) is 0 Å². The van der Waals surface area contributed by atoms with E-state index in [-0.39, 0.29) is 5.91 Å². The Morgan fingerprint density at radius 1 is 1.40 bits per heavy atom. The van der Waals surface area contributed by atoms with E-state index in [0.717, 1.165) is 5.56 Å². The Hall–Kier alpha value is -1.86. The monoisotopic (exact) mass is 273 g/mol. The Bertz CT molecular complexity index is 491. The lowest BCUT2D eigenvalue weighted by Gasteiger charge is -2.25. The van der Waals surface area contributed by atoms with Gasteiger partial charge in [0.25, 0.3) is 0 Å². The molecule has 0 aromatic heterocycles. The number of carbonyl (C=O) groups excluding carboxylic acids is 1.